The molecule has 4 unspecified atom stereocenters. The van der Waals surface area contributed by atoms with Crippen LogP contribution in [0.1, 0.15) is 51.9 Å². The molecule has 7 heteroatoms. The molecular weight excluding hydrogens is 386 g/mol. The third kappa shape index (κ3) is 5.29. The van der Waals surface area contributed by atoms with E-state index in [1.165, 1.54) is 12.8 Å². The summed E-state index contributed by atoms with van der Waals surface area (Å²) in [7, 11) is 0. The zero-order chi connectivity index (χ0) is 20.2. The van der Waals surface area contributed by atoms with E-state index < -0.39 is 0 Å². The Bertz CT molecular complexity index is 537. The van der Waals surface area contributed by atoms with Crippen LogP contribution in [0, 0.1) is 17.8 Å². The lowest BCUT2D eigenvalue weighted by Gasteiger charge is -2.45. The molecule has 0 spiro atoms. The monoisotopic (exact) mass is 425 g/mol. The standard InChI is InChI=1S/C22H39N3O3S/c1-15-21(19-12-16(13-26)2-7-20(19)29)22(24-14-23-15)28-18-5-3-17(4-6-18)25-8-10-27-11-9-25/h14-22,26,29H,2-13H2,1H3,(H,23,24)/t15?,16-,17?,18?,19-,20?,21?,22?/m1/s1. The van der Waals surface area contributed by atoms with Crippen LogP contribution in [-0.4, -0.2) is 78.9 Å². The summed E-state index contributed by atoms with van der Waals surface area (Å²) in [6.07, 6.45) is 9.90. The summed E-state index contributed by atoms with van der Waals surface area (Å²) < 4.78 is 12.1. The minimum Gasteiger partial charge on any atom is -0.396 e. The average molecular weight is 426 g/mol. The van der Waals surface area contributed by atoms with Gasteiger partial charge in [-0.15, -0.1) is 0 Å². The maximum Gasteiger partial charge on any atom is 0.155 e. The summed E-state index contributed by atoms with van der Waals surface area (Å²) in [5.41, 5.74) is 0. The van der Waals surface area contributed by atoms with Crippen LogP contribution in [0.3, 0.4) is 0 Å². The highest BCUT2D eigenvalue weighted by Crippen LogP contribution is 2.41. The second-order valence-electron chi connectivity index (χ2n) is 9.51. The van der Waals surface area contributed by atoms with Crippen molar-refractivity contribution in [2.24, 2.45) is 22.7 Å². The highest BCUT2D eigenvalue weighted by Gasteiger charge is 2.43. The van der Waals surface area contributed by atoms with Gasteiger partial charge in [-0.25, -0.2) is 4.99 Å². The largest absolute Gasteiger partial charge is 0.396 e. The molecule has 0 radical (unpaired) electrons. The Morgan fingerprint density at radius 1 is 1.17 bits per heavy atom. The van der Waals surface area contributed by atoms with Crippen molar-refractivity contribution in [2.45, 2.75) is 81.5 Å². The van der Waals surface area contributed by atoms with Gasteiger partial charge in [0, 0.05) is 42.9 Å². The van der Waals surface area contributed by atoms with Gasteiger partial charge >= 0.3 is 0 Å². The maximum absolute atomic E-state index is 9.71. The van der Waals surface area contributed by atoms with Crippen LogP contribution in [0.15, 0.2) is 4.99 Å². The average Bonchev–Trinajstić information content (AvgIpc) is 2.76. The number of aliphatic hydroxyl groups is 1. The summed E-state index contributed by atoms with van der Waals surface area (Å²) in [6.45, 7) is 6.43. The lowest BCUT2D eigenvalue weighted by molar-refractivity contribution is -0.0893. The first-order valence-corrected chi connectivity index (χ1v) is 12.2. The number of thiol groups is 1. The van der Waals surface area contributed by atoms with E-state index in [2.05, 4.69) is 17.1 Å². The van der Waals surface area contributed by atoms with Crippen LogP contribution in [0.2, 0.25) is 0 Å². The smallest absolute Gasteiger partial charge is 0.155 e. The van der Waals surface area contributed by atoms with E-state index in [4.69, 9.17) is 27.1 Å². The molecule has 0 bridgehead atoms. The molecule has 1 saturated heterocycles. The molecule has 2 aliphatic carbocycles. The number of rotatable bonds is 5. The Labute approximate surface area is 181 Å². The molecule has 0 aromatic carbocycles. The van der Waals surface area contributed by atoms with Crippen LogP contribution < -0.4 is 5.32 Å². The number of hydrogen-bond donors (Lipinski definition) is 3. The number of morpholine rings is 1. The minimum atomic E-state index is -0.0896. The summed E-state index contributed by atoms with van der Waals surface area (Å²) in [5, 5.41) is 13.5. The van der Waals surface area contributed by atoms with Crippen molar-refractivity contribution in [3.8, 4) is 0 Å². The number of hydrogen-bond acceptors (Lipinski definition) is 7. The van der Waals surface area contributed by atoms with Gasteiger partial charge in [-0.05, 0) is 63.7 Å². The zero-order valence-corrected chi connectivity index (χ0v) is 18.7. The van der Waals surface area contributed by atoms with E-state index in [0.717, 1.165) is 58.4 Å². The van der Waals surface area contributed by atoms with E-state index >= 15 is 0 Å². The van der Waals surface area contributed by atoms with Crippen molar-refractivity contribution in [3.05, 3.63) is 0 Å². The molecule has 3 fully saturated rings. The number of aliphatic imine (C=N–C) groups is 1. The number of aliphatic hydroxyl groups excluding tert-OH is 1. The van der Waals surface area contributed by atoms with E-state index in [0.29, 0.717) is 41.2 Å². The first-order chi connectivity index (χ1) is 14.2. The SMILES string of the molecule is CC1NC=NC(OC2CCC(N3CCOCC3)CC2)C1[C@@H]1C[C@H](CO)CCC1S. The van der Waals surface area contributed by atoms with E-state index in [-0.39, 0.29) is 12.8 Å². The summed E-state index contributed by atoms with van der Waals surface area (Å²) >= 11 is 4.93. The van der Waals surface area contributed by atoms with Crippen molar-refractivity contribution in [2.75, 3.05) is 32.9 Å². The Morgan fingerprint density at radius 2 is 1.93 bits per heavy atom. The quantitative estimate of drug-likeness (QED) is 0.590. The van der Waals surface area contributed by atoms with Crippen molar-refractivity contribution in [1.29, 1.82) is 0 Å². The van der Waals surface area contributed by atoms with Gasteiger partial charge in [0.15, 0.2) is 6.23 Å². The lowest BCUT2D eigenvalue weighted by atomic mass is 9.71. The predicted molar refractivity (Wildman–Crippen MR) is 119 cm³/mol. The molecule has 0 amide bonds. The molecule has 0 aromatic heterocycles. The second kappa shape index (κ2) is 10.3. The molecule has 29 heavy (non-hydrogen) atoms. The third-order valence-electron chi connectivity index (χ3n) is 7.73. The third-order valence-corrected chi connectivity index (χ3v) is 8.37. The number of nitrogens with one attached hydrogen (secondary N) is 1. The zero-order valence-electron chi connectivity index (χ0n) is 17.8. The molecule has 2 N–H and O–H groups in total. The Morgan fingerprint density at radius 3 is 2.66 bits per heavy atom. The molecule has 6 atom stereocenters. The van der Waals surface area contributed by atoms with Crippen LogP contribution in [0.5, 0.6) is 0 Å². The Balaban J connectivity index is 1.35. The van der Waals surface area contributed by atoms with E-state index in [1.54, 1.807) is 0 Å². The molecule has 0 aromatic rings. The first kappa shape index (κ1) is 21.9. The second-order valence-corrected chi connectivity index (χ2v) is 10.2. The highest BCUT2D eigenvalue weighted by atomic mass is 32.1. The maximum atomic E-state index is 9.71. The summed E-state index contributed by atoms with van der Waals surface area (Å²) in [5.74, 6) is 1.14. The normalized spacial score (nSPS) is 44.4. The highest BCUT2D eigenvalue weighted by molar-refractivity contribution is 7.81. The number of nitrogens with zero attached hydrogens (tertiary/aromatic N) is 2. The van der Waals surface area contributed by atoms with Gasteiger partial charge in [-0.2, -0.15) is 12.6 Å². The van der Waals surface area contributed by atoms with Gasteiger partial charge in [0.1, 0.15) is 0 Å². The van der Waals surface area contributed by atoms with Crippen molar-refractivity contribution < 1.29 is 14.6 Å². The first-order valence-electron chi connectivity index (χ1n) is 11.7. The summed E-state index contributed by atoms with van der Waals surface area (Å²) in [6, 6.07) is 1.01. The Kier molecular flexibility index (Phi) is 7.78. The van der Waals surface area contributed by atoms with Crippen molar-refractivity contribution in [1.82, 2.24) is 10.2 Å². The van der Waals surface area contributed by atoms with E-state index in [1.807, 2.05) is 6.34 Å². The van der Waals surface area contributed by atoms with Crippen molar-refractivity contribution >= 4 is 19.0 Å². The molecule has 6 nitrogen and oxygen atoms in total. The van der Waals surface area contributed by atoms with Gasteiger partial charge in [-0.3, -0.25) is 4.90 Å². The van der Waals surface area contributed by atoms with Crippen LogP contribution in [0.25, 0.3) is 0 Å². The van der Waals surface area contributed by atoms with Crippen LogP contribution in [0.4, 0.5) is 0 Å². The van der Waals surface area contributed by atoms with E-state index in [9.17, 15) is 5.11 Å². The fraction of sp³-hybridized carbons (Fsp3) is 0.955. The van der Waals surface area contributed by atoms with Crippen molar-refractivity contribution in [3.63, 3.8) is 0 Å². The molecule has 2 heterocycles. The van der Waals surface area contributed by atoms with Crippen LogP contribution >= 0.6 is 12.6 Å². The minimum absolute atomic E-state index is 0.0896. The van der Waals surface area contributed by atoms with Gasteiger partial charge in [0.25, 0.3) is 0 Å². The molecule has 2 aliphatic heterocycles. The fourth-order valence-electron chi connectivity index (χ4n) is 5.95. The molecule has 2 saturated carbocycles. The topological polar surface area (TPSA) is 66.3 Å². The van der Waals surface area contributed by atoms with Gasteiger partial charge in [0.2, 0.25) is 0 Å². The molecule has 4 aliphatic rings. The van der Waals surface area contributed by atoms with Gasteiger partial charge in [-0.1, -0.05) is 0 Å². The fourth-order valence-corrected chi connectivity index (χ4v) is 6.42. The lowest BCUT2D eigenvalue weighted by Crippen LogP contribution is -2.52. The molecule has 4 rings (SSSR count). The molecular formula is C22H39N3O3S. The van der Waals surface area contributed by atoms with Crippen LogP contribution in [-0.2, 0) is 9.47 Å². The summed E-state index contributed by atoms with van der Waals surface area (Å²) in [4.78, 5) is 7.35. The van der Waals surface area contributed by atoms with Gasteiger partial charge in [0.05, 0.1) is 25.7 Å². The number of ether oxygens (including phenoxy) is 2. The van der Waals surface area contributed by atoms with Gasteiger partial charge < -0.3 is 19.9 Å². The predicted octanol–water partition coefficient (Wildman–Crippen LogP) is 2.32. The molecule has 166 valence electrons. The Hall–Kier alpha value is -0.340.